The Morgan fingerprint density at radius 1 is 1.15 bits per heavy atom. The maximum atomic E-state index is 15.0. The van der Waals surface area contributed by atoms with Gasteiger partial charge in [-0.15, -0.1) is 6.42 Å². The summed E-state index contributed by atoms with van der Waals surface area (Å²) in [4.78, 5) is 9.89. The molecule has 0 radical (unpaired) electrons. The molecule has 2 atom stereocenters. The van der Waals surface area contributed by atoms with Gasteiger partial charge in [-0.3, -0.25) is 4.68 Å². The van der Waals surface area contributed by atoms with Gasteiger partial charge in [0.1, 0.15) is 17.6 Å². The Morgan fingerprint density at radius 2 is 1.94 bits per heavy atom. The lowest BCUT2D eigenvalue weighted by molar-refractivity contribution is -0.137. The zero-order chi connectivity index (χ0) is 24.1. The lowest BCUT2D eigenvalue weighted by atomic mass is 9.88. The summed E-state index contributed by atoms with van der Waals surface area (Å²) in [5.74, 6) is 2.43. The Kier molecular flexibility index (Phi) is 7.56. The van der Waals surface area contributed by atoms with Gasteiger partial charge < -0.3 is 15.5 Å². The highest BCUT2D eigenvalue weighted by Crippen LogP contribution is 2.34. The Bertz CT molecular complexity index is 994. The van der Waals surface area contributed by atoms with E-state index in [9.17, 15) is 13.2 Å². The van der Waals surface area contributed by atoms with Gasteiger partial charge in [-0.1, -0.05) is 25.2 Å². The van der Waals surface area contributed by atoms with Gasteiger partial charge in [0.05, 0.1) is 24.5 Å². The van der Waals surface area contributed by atoms with Gasteiger partial charge in [-0.25, -0.2) is 9.37 Å². The molecule has 0 aromatic carbocycles. The van der Waals surface area contributed by atoms with Crippen LogP contribution in [0, 0.1) is 18.3 Å². The van der Waals surface area contributed by atoms with Gasteiger partial charge in [-0.2, -0.15) is 23.3 Å². The van der Waals surface area contributed by atoms with Crippen molar-refractivity contribution in [1.82, 2.24) is 24.6 Å². The van der Waals surface area contributed by atoms with Crippen molar-refractivity contribution in [2.45, 2.75) is 56.9 Å². The van der Waals surface area contributed by atoms with E-state index in [-0.39, 0.29) is 18.5 Å². The molecular weight excluding hydrogens is 450 g/mol. The maximum absolute atomic E-state index is 15.0. The second-order valence-electron chi connectivity index (χ2n) is 8.98. The molecule has 0 unspecified atom stereocenters. The second-order valence-corrected chi connectivity index (χ2v) is 8.98. The first-order chi connectivity index (χ1) is 16.3. The van der Waals surface area contributed by atoms with Crippen LogP contribution in [0.1, 0.15) is 50.1 Å². The highest BCUT2D eigenvalue weighted by Gasteiger charge is 2.35. The molecule has 184 valence electrons. The number of nitrogens with one attached hydrogen (secondary N) is 2. The number of nitrogens with zero attached hydrogens (tertiary/aromatic N) is 5. The number of aromatic nitrogens is 4. The van der Waals surface area contributed by atoms with Crippen molar-refractivity contribution in [2.75, 3.05) is 36.8 Å². The molecule has 3 heterocycles. The molecule has 1 aliphatic carbocycles. The van der Waals surface area contributed by atoms with Crippen LogP contribution in [0.3, 0.4) is 0 Å². The molecule has 7 nitrogen and oxygen atoms in total. The quantitative estimate of drug-likeness (QED) is 0.445. The van der Waals surface area contributed by atoms with Crippen molar-refractivity contribution < 1.29 is 17.6 Å². The molecule has 2 fully saturated rings. The molecule has 2 N–H and O–H groups in total. The van der Waals surface area contributed by atoms with E-state index in [1.54, 1.807) is 10.9 Å². The molecule has 1 saturated carbocycles. The molecule has 0 bridgehead atoms. The van der Waals surface area contributed by atoms with Crippen LogP contribution in [0.15, 0.2) is 18.6 Å². The van der Waals surface area contributed by atoms with Gasteiger partial charge in [0.2, 0.25) is 5.95 Å². The van der Waals surface area contributed by atoms with E-state index in [0.29, 0.717) is 30.8 Å². The Balaban J connectivity index is 1.38. The number of rotatable bonds is 7. The smallest absolute Gasteiger partial charge is 0.358 e. The lowest BCUT2D eigenvalue weighted by Crippen LogP contribution is -2.44. The SMILES string of the molecule is C#CCNc1nc(Nc2cnn([C@@H]3CCN(CC4CCCCC4)C[C@H]3F)c2)ncc1C(F)(F)F. The predicted molar refractivity (Wildman–Crippen MR) is 121 cm³/mol. The van der Waals surface area contributed by atoms with Crippen molar-refractivity contribution in [2.24, 2.45) is 5.92 Å². The predicted octanol–water partition coefficient (Wildman–Crippen LogP) is 4.65. The number of halogens is 4. The molecule has 0 amide bonds. The fourth-order valence-electron chi connectivity index (χ4n) is 4.79. The van der Waals surface area contributed by atoms with Gasteiger partial charge in [0.25, 0.3) is 0 Å². The van der Waals surface area contributed by atoms with Crippen molar-refractivity contribution in [3.8, 4) is 12.3 Å². The summed E-state index contributed by atoms with van der Waals surface area (Å²) in [5, 5.41) is 9.58. The van der Waals surface area contributed by atoms with E-state index in [4.69, 9.17) is 6.42 Å². The topological polar surface area (TPSA) is 70.9 Å². The number of hydrogen-bond acceptors (Lipinski definition) is 6. The van der Waals surface area contributed by atoms with Crippen LogP contribution in [0.5, 0.6) is 0 Å². The minimum atomic E-state index is -4.62. The molecular formula is C23H29F4N7. The standard InChI is InChI=1S/C23H29F4N7/c1-2-9-28-21-18(23(25,26)27)12-29-22(32-21)31-17-11-30-34(14-17)20-8-10-33(15-19(20)24)13-16-6-4-3-5-7-16/h1,11-12,14,16,19-20H,3-10,13,15H2,(H2,28,29,31,32)/t19-,20-/m1/s1. The molecule has 11 heteroatoms. The lowest BCUT2D eigenvalue weighted by Gasteiger charge is -2.37. The number of likely N-dealkylation sites (tertiary alicyclic amines) is 1. The van der Waals surface area contributed by atoms with Crippen molar-refractivity contribution in [3.63, 3.8) is 0 Å². The van der Waals surface area contributed by atoms with Gasteiger partial charge in [-0.05, 0) is 25.2 Å². The molecule has 1 saturated heterocycles. The fourth-order valence-corrected chi connectivity index (χ4v) is 4.79. The second kappa shape index (κ2) is 10.6. The summed E-state index contributed by atoms with van der Waals surface area (Å²) < 4.78 is 56.2. The number of anilines is 3. The summed E-state index contributed by atoms with van der Waals surface area (Å²) >= 11 is 0. The number of terminal acetylenes is 1. The van der Waals surface area contributed by atoms with Gasteiger partial charge in [0.15, 0.2) is 0 Å². The first-order valence-electron chi connectivity index (χ1n) is 11.6. The minimum absolute atomic E-state index is 0.0498. The molecule has 2 aromatic rings. The number of piperidine rings is 1. The van der Waals surface area contributed by atoms with Crippen LogP contribution in [0.2, 0.25) is 0 Å². The number of hydrogen-bond donors (Lipinski definition) is 2. The summed E-state index contributed by atoms with van der Waals surface area (Å²) in [5.41, 5.74) is -0.552. The molecule has 2 aliphatic rings. The molecule has 34 heavy (non-hydrogen) atoms. The van der Waals surface area contributed by atoms with E-state index in [1.807, 2.05) is 0 Å². The largest absolute Gasteiger partial charge is 0.421 e. The van der Waals surface area contributed by atoms with Crippen LogP contribution in [-0.4, -0.2) is 57.0 Å². The van der Waals surface area contributed by atoms with Crippen molar-refractivity contribution in [3.05, 3.63) is 24.2 Å². The third-order valence-electron chi connectivity index (χ3n) is 6.48. The Hall–Kier alpha value is -2.87. The first-order valence-corrected chi connectivity index (χ1v) is 11.6. The summed E-state index contributed by atoms with van der Waals surface area (Å²) in [6, 6.07) is -0.389. The van der Waals surface area contributed by atoms with Crippen LogP contribution in [-0.2, 0) is 6.18 Å². The maximum Gasteiger partial charge on any atom is 0.421 e. The van der Waals surface area contributed by atoms with Crippen LogP contribution >= 0.6 is 0 Å². The summed E-state index contributed by atoms with van der Waals surface area (Å²) in [7, 11) is 0. The van der Waals surface area contributed by atoms with Crippen LogP contribution in [0.25, 0.3) is 0 Å². The van der Waals surface area contributed by atoms with Crippen molar-refractivity contribution >= 4 is 17.5 Å². The zero-order valence-corrected chi connectivity index (χ0v) is 18.9. The molecule has 4 rings (SSSR count). The third kappa shape index (κ3) is 5.97. The van der Waals surface area contributed by atoms with E-state index in [0.717, 1.165) is 13.1 Å². The Morgan fingerprint density at radius 3 is 2.65 bits per heavy atom. The average Bonchev–Trinajstić information content (AvgIpc) is 3.26. The number of alkyl halides is 4. The van der Waals surface area contributed by atoms with Crippen LogP contribution < -0.4 is 10.6 Å². The summed E-state index contributed by atoms with van der Waals surface area (Å²) in [6.07, 6.45) is 10.2. The van der Waals surface area contributed by atoms with Gasteiger partial charge in [0, 0.05) is 32.0 Å². The first kappa shape index (κ1) is 24.3. The normalized spacial score (nSPS) is 22.3. The fraction of sp³-hybridized carbons (Fsp3) is 0.609. The third-order valence-corrected chi connectivity index (χ3v) is 6.48. The Labute approximate surface area is 196 Å². The van der Waals surface area contributed by atoms with Crippen molar-refractivity contribution in [1.29, 1.82) is 0 Å². The van der Waals surface area contributed by atoms with E-state index < -0.39 is 23.7 Å². The molecule has 1 aliphatic heterocycles. The zero-order valence-electron chi connectivity index (χ0n) is 18.9. The van der Waals surface area contributed by atoms with Crippen LogP contribution in [0.4, 0.5) is 35.0 Å². The van der Waals surface area contributed by atoms with E-state index in [2.05, 4.69) is 36.5 Å². The molecule has 0 spiro atoms. The highest BCUT2D eigenvalue weighted by atomic mass is 19.4. The highest BCUT2D eigenvalue weighted by molar-refractivity contribution is 5.55. The minimum Gasteiger partial charge on any atom is -0.358 e. The van der Waals surface area contributed by atoms with E-state index >= 15 is 4.39 Å². The monoisotopic (exact) mass is 479 g/mol. The van der Waals surface area contributed by atoms with Gasteiger partial charge >= 0.3 is 6.18 Å². The molecule has 2 aromatic heterocycles. The van der Waals surface area contributed by atoms with E-state index in [1.165, 1.54) is 38.3 Å². The average molecular weight is 480 g/mol. The summed E-state index contributed by atoms with van der Waals surface area (Å²) in [6.45, 7) is 2.04.